The van der Waals surface area contributed by atoms with Gasteiger partial charge in [-0.2, -0.15) is 13.2 Å². The third-order valence-electron chi connectivity index (χ3n) is 5.09. The van der Waals surface area contributed by atoms with Crippen molar-refractivity contribution in [2.75, 3.05) is 11.5 Å². The van der Waals surface area contributed by atoms with Gasteiger partial charge in [0.1, 0.15) is 18.1 Å². The molecule has 0 spiro atoms. The molecule has 4 rings (SSSR count). The Morgan fingerprint density at radius 2 is 1.97 bits per heavy atom. The number of nitrogens with one attached hydrogen (secondary N) is 2. The van der Waals surface area contributed by atoms with Crippen LogP contribution in [0.4, 0.5) is 18.9 Å². The Hall–Kier alpha value is -3.48. The van der Waals surface area contributed by atoms with Crippen LogP contribution in [0.2, 0.25) is 5.02 Å². The second kappa shape index (κ2) is 9.29. The lowest BCUT2D eigenvalue weighted by molar-refractivity contribution is -0.138. The highest BCUT2D eigenvalue weighted by Crippen LogP contribution is 2.34. The van der Waals surface area contributed by atoms with Gasteiger partial charge < -0.3 is 10.1 Å². The molecule has 35 heavy (non-hydrogen) atoms. The van der Waals surface area contributed by atoms with Crippen molar-refractivity contribution in [3.63, 3.8) is 0 Å². The highest BCUT2D eigenvalue weighted by molar-refractivity contribution is 7.92. The Kier molecular flexibility index (Phi) is 6.54. The Balaban J connectivity index is 1.84. The fourth-order valence-corrected chi connectivity index (χ4v) is 4.75. The largest absolute Gasteiger partial charge is 0.416 e. The Morgan fingerprint density at radius 1 is 1.20 bits per heavy atom. The van der Waals surface area contributed by atoms with E-state index in [1.807, 2.05) is 0 Å². The van der Waals surface area contributed by atoms with Crippen molar-refractivity contribution in [3.05, 3.63) is 82.4 Å². The van der Waals surface area contributed by atoms with Crippen LogP contribution in [0.3, 0.4) is 0 Å². The van der Waals surface area contributed by atoms with Gasteiger partial charge in [0.25, 0.3) is 10.0 Å². The van der Waals surface area contributed by atoms with E-state index in [4.69, 9.17) is 11.6 Å². The molecule has 1 aromatic carbocycles. The summed E-state index contributed by atoms with van der Waals surface area (Å²) in [6.07, 6.45) is -0.342. The first kappa shape index (κ1) is 24.6. The van der Waals surface area contributed by atoms with Gasteiger partial charge in [0, 0.05) is 29.5 Å². The van der Waals surface area contributed by atoms with E-state index in [0.717, 1.165) is 12.1 Å². The minimum absolute atomic E-state index is 0.00359. The van der Waals surface area contributed by atoms with E-state index in [1.165, 1.54) is 25.4 Å². The monoisotopic (exact) mass is 523 g/mol. The maximum absolute atomic E-state index is 13.4. The number of halogens is 4. The average molecular weight is 524 g/mol. The molecule has 0 bridgehead atoms. The number of fused-ring (bicyclic) bond motifs is 1. The smallest absolute Gasteiger partial charge is 0.375 e. The summed E-state index contributed by atoms with van der Waals surface area (Å²) in [6, 6.07) is 7.28. The number of benzene rings is 1. The molecule has 3 N–H and O–H groups in total. The summed E-state index contributed by atoms with van der Waals surface area (Å²) in [5, 5.41) is 10.3. The molecule has 0 aliphatic carbocycles. The first-order chi connectivity index (χ1) is 16.5. The Morgan fingerprint density at radius 3 is 2.69 bits per heavy atom. The molecule has 0 fully saturated rings. The number of alkyl halides is 3. The molecular weight excluding hydrogens is 507 g/mol. The van der Waals surface area contributed by atoms with Crippen LogP contribution in [-0.2, 0) is 16.2 Å². The summed E-state index contributed by atoms with van der Waals surface area (Å²) in [6.45, 7) is 0.590. The summed E-state index contributed by atoms with van der Waals surface area (Å²) >= 11 is 6.05. The summed E-state index contributed by atoms with van der Waals surface area (Å²) in [7, 11) is -4.50. The fourth-order valence-electron chi connectivity index (χ4n) is 3.51. The SMILES string of the molecule is Cc1ccc(S(=O)(=O)Nc2cc(Cl)cnc2C(=NCO)c2ccnc3[nH]ccc23)cc1C(F)(F)F. The van der Waals surface area contributed by atoms with Gasteiger partial charge in [-0.05, 0) is 42.8 Å². The van der Waals surface area contributed by atoms with E-state index in [0.29, 0.717) is 22.7 Å². The second-order valence-corrected chi connectivity index (χ2v) is 9.50. The van der Waals surface area contributed by atoms with Crippen molar-refractivity contribution < 1.29 is 26.7 Å². The van der Waals surface area contributed by atoms with Crippen molar-refractivity contribution >= 4 is 44.1 Å². The molecule has 4 aromatic rings. The van der Waals surface area contributed by atoms with Crippen LogP contribution in [0.15, 0.2) is 64.9 Å². The summed E-state index contributed by atoms with van der Waals surface area (Å²) in [5.41, 5.74) is -0.207. The molecular formula is C22H17ClF3N5O3S. The predicted octanol–water partition coefficient (Wildman–Crippen LogP) is 4.53. The zero-order valence-electron chi connectivity index (χ0n) is 17.9. The normalized spacial score (nSPS) is 12.8. The van der Waals surface area contributed by atoms with Crippen molar-refractivity contribution in [3.8, 4) is 0 Å². The van der Waals surface area contributed by atoms with Gasteiger partial charge in [0.2, 0.25) is 0 Å². The lowest BCUT2D eigenvalue weighted by Gasteiger charge is -2.16. The number of aliphatic hydroxyl groups excluding tert-OH is 1. The van der Waals surface area contributed by atoms with E-state index in [9.17, 15) is 26.7 Å². The minimum Gasteiger partial charge on any atom is -0.375 e. The van der Waals surface area contributed by atoms with E-state index in [-0.39, 0.29) is 27.7 Å². The highest BCUT2D eigenvalue weighted by Gasteiger charge is 2.34. The molecule has 0 amide bonds. The number of aliphatic hydroxyl groups is 1. The number of aliphatic imine (C=N–C) groups is 1. The number of nitrogens with zero attached hydrogens (tertiary/aromatic N) is 3. The van der Waals surface area contributed by atoms with Crippen molar-refractivity contribution in [1.29, 1.82) is 0 Å². The van der Waals surface area contributed by atoms with Gasteiger partial charge in [-0.3, -0.25) is 14.7 Å². The number of hydrogen-bond acceptors (Lipinski definition) is 6. The number of rotatable bonds is 6. The van der Waals surface area contributed by atoms with E-state index < -0.39 is 33.4 Å². The molecule has 8 nitrogen and oxygen atoms in total. The minimum atomic E-state index is -4.73. The first-order valence-electron chi connectivity index (χ1n) is 9.95. The lowest BCUT2D eigenvalue weighted by atomic mass is 10.0. The zero-order valence-corrected chi connectivity index (χ0v) is 19.5. The van der Waals surface area contributed by atoms with Crippen LogP contribution in [0.1, 0.15) is 22.4 Å². The second-order valence-electron chi connectivity index (χ2n) is 7.38. The summed E-state index contributed by atoms with van der Waals surface area (Å²) in [4.78, 5) is 14.8. The van der Waals surface area contributed by atoms with Crippen molar-refractivity contribution in [2.24, 2.45) is 4.99 Å². The van der Waals surface area contributed by atoms with E-state index in [2.05, 4.69) is 24.7 Å². The van der Waals surface area contributed by atoms with Gasteiger partial charge in [-0.25, -0.2) is 13.4 Å². The number of aromatic amines is 1. The quantitative estimate of drug-likeness (QED) is 0.321. The van der Waals surface area contributed by atoms with Gasteiger partial charge in [0.15, 0.2) is 0 Å². The van der Waals surface area contributed by atoms with Crippen LogP contribution in [0.25, 0.3) is 11.0 Å². The molecule has 0 radical (unpaired) electrons. The maximum Gasteiger partial charge on any atom is 0.416 e. The molecule has 13 heteroatoms. The Labute approximate surface area is 202 Å². The molecule has 0 unspecified atom stereocenters. The zero-order chi connectivity index (χ0) is 25.4. The van der Waals surface area contributed by atoms with Crippen LogP contribution < -0.4 is 4.72 Å². The lowest BCUT2D eigenvalue weighted by Crippen LogP contribution is -2.19. The fraction of sp³-hybridized carbons (Fsp3) is 0.136. The number of sulfonamides is 1. The maximum atomic E-state index is 13.4. The number of pyridine rings is 2. The summed E-state index contributed by atoms with van der Waals surface area (Å²) < 4.78 is 68.5. The van der Waals surface area contributed by atoms with Crippen LogP contribution in [0, 0.1) is 6.92 Å². The molecule has 0 saturated heterocycles. The molecule has 182 valence electrons. The number of hydrogen-bond donors (Lipinski definition) is 3. The number of H-pyrrole nitrogens is 1. The first-order valence-corrected chi connectivity index (χ1v) is 11.8. The highest BCUT2D eigenvalue weighted by atomic mass is 35.5. The van der Waals surface area contributed by atoms with Crippen LogP contribution >= 0.6 is 11.6 Å². The number of aromatic nitrogens is 3. The van der Waals surface area contributed by atoms with Gasteiger partial charge in [-0.15, -0.1) is 0 Å². The average Bonchev–Trinajstić information content (AvgIpc) is 3.26. The van der Waals surface area contributed by atoms with Gasteiger partial charge in [-0.1, -0.05) is 17.7 Å². The third-order valence-corrected chi connectivity index (χ3v) is 6.66. The van der Waals surface area contributed by atoms with Crippen LogP contribution in [0.5, 0.6) is 0 Å². The Bertz CT molecular complexity index is 1550. The third kappa shape index (κ3) is 4.99. The summed E-state index contributed by atoms with van der Waals surface area (Å²) in [5.74, 6) is 0. The van der Waals surface area contributed by atoms with Crippen molar-refractivity contribution in [1.82, 2.24) is 15.0 Å². The van der Waals surface area contributed by atoms with Gasteiger partial charge >= 0.3 is 6.18 Å². The number of anilines is 1. The molecule has 0 atom stereocenters. The number of aryl methyl sites for hydroxylation is 1. The molecule has 3 aromatic heterocycles. The van der Waals surface area contributed by atoms with E-state index in [1.54, 1.807) is 18.3 Å². The van der Waals surface area contributed by atoms with Gasteiger partial charge in [0.05, 0.1) is 26.9 Å². The molecule has 3 heterocycles. The van der Waals surface area contributed by atoms with Crippen LogP contribution in [-0.4, -0.2) is 40.9 Å². The molecule has 0 saturated carbocycles. The predicted molar refractivity (Wildman–Crippen MR) is 125 cm³/mol. The topological polar surface area (TPSA) is 120 Å². The standard InChI is InChI=1S/C22H17ClF3N5O3S/c1-12-2-3-14(9-17(12)22(24,25)26)35(33,34)31-18-8-13(23)10-29-20(18)19(30-11-32)15-4-6-27-21-16(15)5-7-28-21/h2-10,31-32H,11H2,1H3,(H,27,28). The molecule has 0 aliphatic rings. The molecule has 0 aliphatic heterocycles. The van der Waals surface area contributed by atoms with E-state index >= 15 is 0 Å². The van der Waals surface area contributed by atoms with Crippen molar-refractivity contribution in [2.45, 2.75) is 18.0 Å².